The van der Waals surface area contributed by atoms with Crippen molar-refractivity contribution in [2.24, 2.45) is 0 Å². The average molecular weight is 324 g/mol. The SMILES string of the molecule is CC(CNCc1cccc(CN2CCOCC2)c1)c1ccccc1. The van der Waals surface area contributed by atoms with Gasteiger partial charge in [0, 0.05) is 32.7 Å². The van der Waals surface area contributed by atoms with Crippen molar-refractivity contribution in [2.45, 2.75) is 25.9 Å². The summed E-state index contributed by atoms with van der Waals surface area (Å²) < 4.78 is 5.42. The Morgan fingerprint density at radius 3 is 2.54 bits per heavy atom. The van der Waals surface area contributed by atoms with E-state index in [1.54, 1.807) is 0 Å². The van der Waals surface area contributed by atoms with Gasteiger partial charge in [-0.05, 0) is 22.6 Å². The zero-order chi connectivity index (χ0) is 16.6. The molecule has 128 valence electrons. The standard InChI is InChI=1S/C21H28N2O/c1-18(21-8-3-2-4-9-21)15-22-16-19-6-5-7-20(14-19)17-23-10-12-24-13-11-23/h2-9,14,18,22H,10-13,15-17H2,1H3. The highest BCUT2D eigenvalue weighted by Gasteiger charge is 2.10. The van der Waals surface area contributed by atoms with Crippen molar-refractivity contribution in [3.63, 3.8) is 0 Å². The third kappa shape index (κ3) is 5.17. The Morgan fingerprint density at radius 2 is 1.75 bits per heavy atom. The van der Waals surface area contributed by atoms with Gasteiger partial charge in [0.1, 0.15) is 0 Å². The summed E-state index contributed by atoms with van der Waals surface area (Å²) in [5.74, 6) is 0.530. The van der Waals surface area contributed by atoms with E-state index >= 15 is 0 Å². The fourth-order valence-corrected chi connectivity index (χ4v) is 3.19. The Morgan fingerprint density at radius 1 is 1.00 bits per heavy atom. The molecule has 0 bridgehead atoms. The summed E-state index contributed by atoms with van der Waals surface area (Å²) in [6.45, 7) is 9.02. The summed E-state index contributed by atoms with van der Waals surface area (Å²) in [7, 11) is 0. The molecule has 3 heteroatoms. The monoisotopic (exact) mass is 324 g/mol. The molecule has 1 unspecified atom stereocenters. The maximum absolute atomic E-state index is 5.42. The zero-order valence-corrected chi connectivity index (χ0v) is 14.6. The predicted octanol–water partition coefficient (Wildman–Crippen LogP) is 3.41. The first-order valence-electron chi connectivity index (χ1n) is 8.95. The number of ether oxygens (including phenoxy) is 1. The second-order valence-corrected chi connectivity index (χ2v) is 6.65. The highest BCUT2D eigenvalue weighted by atomic mass is 16.5. The predicted molar refractivity (Wildman–Crippen MR) is 99.1 cm³/mol. The van der Waals surface area contributed by atoms with Gasteiger partial charge in [0.2, 0.25) is 0 Å². The summed E-state index contributed by atoms with van der Waals surface area (Å²) in [5, 5.41) is 3.60. The van der Waals surface area contributed by atoms with Crippen molar-refractivity contribution in [1.82, 2.24) is 10.2 Å². The van der Waals surface area contributed by atoms with Crippen LogP contribution in [0.15, 0.2) is 54.6 Å². The van der Waals surface area contributed by atoms with Crippen LogP contribution in [0.1, 0.15) is 29.5 Å². The van der Waals surface area contributed by atoms with Crippen LogP contribution >= 0.6 is 0 Å². The van der Waals surface area contributed by atoms with Crippen LogP contribution in [0, 0.1) is 0 Å². The molecule has 2 aromatic rings. The maximum atomic E-state index is 5.42. The molecule has 1 saturated heterocycles. The molecular weight excluding hydrogens is 296 g/mol. The van der Waals surface area contributed by atoms with Crippen LogP contribution < -0.4 is 5.32 Å². The van der Waals surface area contributed by atoms with Crippen LogP contribution in [-0.4, -0.2) is 37.7 Å². The third-order valence-corrected chi connectivity index (χ3v) is 4.65. The number of nitrogens with one attached hydrogen (secondary N) is 1. The van der Waals surface area contributed by atoms with Crippen LogP contribution in [0.25, 0.3) is 0 Å². The van der Waals surface area contributed by atoms with E-state index < -0.39 is 0 Å². The molecule has 1 heterocycles. The molecule has 0 saturated carbocycles. The Kier molecular flexibility index (Phi) is 6.41. The lowest BCUT2D eigenvalue weighted by atomic mass is 10.0. The number of hydrogen-bond acceptors (Lipinski definition) is 3. The topological polar surface area (TPSA) is 24.5 Å². The van der Waals surface area contributed by atoms with Crippen LogP contribution in [-0.2, 0) is 17.8 Å². The minimum Gasteiger partial charge on any atom is -0.379 e. The number of morpholine rings is 1. The van der Waals surface area contributed by atoms with Gasteiger partial charge in [0.25, 0.3) is 0 Å². The number of hydrogen-bond donors (Lipinski definition) is 1. The van der Waals surface area contributed by atoms with Crippen molar-refractivity contribution in [3.05, 3.63) is 71.3 Å². The van der Waals surface area contributed by atoms with Gasteiger partial charge >= 0.3 is 0 Å². The van der Waals surface area contributed by atoms with E-state index in [1.807, 2.05) is 0 Å². The normalized spacial score (nSPS) is 16.9. The van der Waals surface area contributed by atoms with E-state index in [0.717, 1.165) is 45.9 Å². The molecule has 2 aromatic carbocycles. The Bertz CT molecular complexity index is 608. The minimum atomic E-state index is 0.530. The van der Waals surface area contributed by atoms with Crippen molar-refractivity contribution < 1.29 is 4.74 Å². The number of benzene rings is 2. The van der Waals surface area contributed by atoms with Gasteiger partial charge in [0.05, 0.1) is 13.2 Å². The second kappa shape index (κ2) is 8.97. The van der Waals surface area contributed by atoms with Gasteiger partial charge < -0.3 is 10.1 Å². The quantitative estimate of drug-likeness (QED) is 0.845. The lowest BCUT2D eigenvalue weighted by Crippen LogP contribution is -2.35. The largest absolute Gasteiger partial charge is 0.379 e. The lowest BCUT2D eigenvalue weighted by molar-refractivity contribution is 0.0342. The van der Waals surface area contributed by atoms with Crippen molar-refractivity contribution >= 4 is 0 Å². The lowest BCUT2D eigenvalue weighted by Gasteiger charge is -2.26. The summed E-state index contributed by atoms with van der Waals surface area (Å²) in [6, 6.07) is 19.6. The molecule has 1 fully saturated rings. The first-order valence-corrected chi connectivity index (χ1v) is 8.95. The molecule has 0 aromatic heterocycles. The van der Waals surface area contributed by atoms with Crippen LogP contribution in [0.5, 0.6) is 0 Å². The summed E-state index contributed by atoms with van der Waals surface area (Å²) in [4.78, 5) is 2.47. The Hall–Kier alpha value is -1.68. The van der Waals surface area contributed by atoms with E-state index in [-0.39, 0.29) is 0 Å². The Labute approximate surface area is 145 Å². The van der Waals surface area contributed by atoms with Crippen LogP contribution in [0.4, 0.5) is 0 Å². The molecule has 0 radical (unpaired) electrons. The second-order valence-electron chi connectivity index (χ2n) is 6.65. The van der Waals surface area contributed by atoms with Gasteiger partial charge in [-0.1, -0.05) is 61.5 Å². The average Bonchev–Trinajstić information content (AvgIpc) is 2.63. The summed E-state index contributed by atoms with van der Waals surface area (Å²) in [5.41, 5.74) is 4.15. The van der Waals surface area contributed by atoms with E-state index in [1.165, 1.54) is 16.7 Å². The van der Waals surface area contributed by atoms with E-state index in [4.69, 9.17) is 4.74 Å². The molecule has 0 amide bonds. The summed E-state index contributed by atoms with van der Waals surface area (Å²) in [6.07, 6.45) is 0. The van der Waals surface area contributed by atoms with E-state index in [9.17, 15) is 0 Å². The van der Waals surface area contributed by atoms with Gasteiger partial charge in [-0.25, -0.2) is 0 Å². The molecule has 1 atom stereocenters. The number of rotatable bonds is 7. The molecule has 3 rings (SSSR count). The van der Waals surface area contributed by atoms with E-state index in [0.29, 0.717) is 5.92 Å². The van der Waals surface area contributed by atoms with Gasteiger partial charge in [0.15, 0.2) is 0 Å². The zero-order valence-electron chi connectivity index (χ0n) is 14.6. The third-order valence-electron chi connectivity index (χ3n) is 4.65. The highest BCUT2D eigenvalue weighted by molar-refractivity contribution is 5.24. The molecular formula is C21H28N2O. The molecule has 24 heavy (non-hydrogen) atoms. The van der Waals surface area contributed by atoms with Gasteiger partial charge in [-0.2, -0.15) is 0 Å². The fraction of sp³-hybridized carbons (Fsp3) is 0.429. The van der Waals surface area contributed by atoms with Crippen molar-refractivity contribution in [3.8, 4) is 0 Å². The molecule has 1 aliphatic rings. The van der Waals surface area contributed by atoms with E-state index in [2.05, 4.69) is 71.7 Å². The van der Waals surface area contributed by atoms with Crippen LogP contribution in [0.2, 0.25) is 0 Å². The molecule has 0 spiro atoms. The summed E-state index contributed by atoms with van der Waals surface area (Å²) >= 11 is 0. The smallest absolute Gasteiger partial charge is 0.0594 e. The molecule has 1 N–H and O–H groups in total. The van der Waals surface area contributed by atoms with Gasteiger partial charge in [-0.3, -0.25) is 4.90 Å². The highest BCUT2D eigenvalue weighted by Crippen LogP contribution is 2.14. The maximum Gasteiger partial charge on any atom is 0.0594 e. The molecule has 1 aliphatic heterocycles. The minimum absolute atomic E-state index is 0.530. The first kappa shape index (κ1) is 17.2. The molecule has 3 nitrogen and oxygen atoms in total. The first-order chi connectivity index (χ1) is 11.8. The fourth-order valence-electron chi connectivity index (χ4n) is 3.19. The van der Waals surface area contributed by atoms with Gasteiger partial charge in [-0.15, -0.1) is 0 Å². The molecule has 0 aliphatic carbocycles. The van der Waals surface area contributed by atoms with Crippen molar-refractivity contribution in [2.75, 3.05) is 32.8 Å². The number of nitrogens with zero attached hydrogens (tertiary/aromatic N) is 1. The Balaban J connectivity index is 1.47. The van der Waals surface area contributed by atoms with Crippen LogP contribution in [0.3, 0.4) is 0 Å². The van der Waals surface area contributed by atoms with Crippen molar-refractivity contribution in [1.29, 1.82) is 0 Å².